The lowest BCUT2D eigenvalue weighted by Crippen LogP contribution is -2.26. The summed E-state index contributed by atoms with van der Waals surface area (Å²) in [6.07, 6.45) is 4.97. The second-order valence-electron chi connectivity index (χ2n) is 8.21. The zero-order chi connectivity index (χ0) is 21.3. The molecule has 1 aromatic heterocycles. The number of allylic oxidation sites excluding steroid dienone is 3. The van der Waals surface area contributed by atoms with Crippen LogP contribution < -0.4 is 0 Å². The first kappa shape index (κ1) is 18.5. The molecule has 0 amide bonds. The molecule has 2 aromatic carbocycles. The zero-order valence-electron chi connectivity index (χ0n) is 16.5. The Morgan fingerprint density at radius 3 is 2.16 bits per heavy atom. The number of nitrogens with zero attached hydrogens (tertiary/aromatic N) is 1. The average molecular weight is 429 g/mol. The van der Waals surface area contributed by atoms with Crippen molar-refractivity contribution in [1.82, 2.24) is 3.97 Å². The van der Waals surface area contributed by atoms with Crippen molar-refractivity contribution in [2.24, 2.45) is 11.8 Å². The van der Waals surface area contributed by atoms with Gasteiger partial charge in [-0.05, 0) is 29.7 Å². The normalized spacial score (nSPS) is 23.9. The van der Waals surface area contributed by atoms with Gasteiger partial charge in [-0.3, -0.25) is 4.79 Å². The molecule has 6 heteroatoms. The minimum atomic E-state index is -3.93. The van der Waals surface area contributed by atoms with E-state index in [2.05, 4.69) is 0 Å². The molecule has 3 aliphatic carbocycles. The monoisotopic (exact) mass is 429 g/mol. The van der Waals surface area contributed by atoms with Crippen molar-refractivity contribution in [3.63, 3.8) is 0 Å². The fraction of sp³-hybridized carbons (Fsp3) is 0.160. The fourth-order valence-electron chi connectivity index (χ4n) is 5.21. The maximum Gasteiger partial charge on any atom is 0.268 e. The van der Waals surface area contributed by atoms with Gasteiger partial charge in [0.2, 0.25) is 0 Å². The van der Waals surface area contributed by atoms with Gasteiger partial charge in [0.25, 0.3) is 10.0 Å². The van der Waals surface area contributed by atoms with Gasteiger partial charge in [-0.1, -0.05) is 60.7 Å². The molecule has 0 spiro atoms. The molecule has 6 rings (SSSR count). The number of carbonyl (C=O) groups excluding carboxylic acids is 1. The number of benzene rings is 2. The second kappa shape index (κ2) is 6.39. The second-order valence-corrected chi connectivity index (χ2v) is 10.0. The van der Waals surface area contributed by atoms with Crippen LogP contribution in [-0.4, -0.2) is 23.3 Å². The van der Waals surface area contributed by atoms with Crippen molar-refractivity contribution in [3.05, 3.63) is 95.8 Å². The van der Waals surface area contributed by atoms with Crippen LogP contribution in [0.1, 0.15) is 23.8 Å². The van der Waals surface area contributed by atoms with Crippen LogP contribution in [0.2, 0.25) is 0 Å². The number of Topliss-reactive ketones (excluding diaryl/α,β-unsaturated/α-hetero) is 1. The molecule has 0 fully saturated rings. The molecule has 154 valence electrons. The average Bonchev–Trinajstić information content (AvgIpc) is 3.52. The first-order chi connectivity index (χ1) is 15.0. The van der Waals surface area contributed by atoms with Gasteiger partial charge >= 0.3 is 0 Å². The first-order valence-corrected chi connectivity index (χ1v) is 11.7. The highest BCUT2D eigenvalue weighted by molar-refractivity contribution is 7.90. The Kier molecular flexibility index (Phi) is 3.82. The van der Waals surface area contributed by atoms with Gasteiger partial charge in [0, 0.05) is 34.7 Å². The first-order valence-electron chi connectivity index (χ1n) is 10.2. The molecule has 3 atom stereocenters. The molecular formula is C25H19NO4S. The van der Waals surface area contributed by atoms with Gasteiger partial charge in [-0.15, -0.1) is 0 Å². The lowest BCUT2D eigenvalue weighted by molar-refractivity contribution is -0.124. The Labute approximate surface area is 180 Å². The third kappa shape index (κ3) is 2.46. The van der Waals surface area contributed by atoms with Gasteiger partial charge in [0.05, 0.1) is 10.6 Å². The van der Waals surface area contributed by atoms with Crippen LogP contribution in [-0.2, 0) is 14.8 Å². The number of hydrogen-bond donors (Lipinski definition) is 1. The quantitative estimate of drug-likeness (QED) is 0.640. The summed E-state index contributed by atoms with van der Waals surface area (Å²) in [6, 6.07) is 17.6. The Morgan fingerprint density at radius 2 is 1.48 bits per heavy atom. The van der Waals surface area contributed by atoms with Crippen molar-refractivity contribution in [2.45, 2.75) is 17.4 Å². The number of aliphatic hydroxyl groups excluding tert-OH is 1. The molecule has 0 saturated heterocycles. The van der Waals surface area contributed by atoms with E-state index in [9.17, 15) is 18.3 Å². The number of fused-ring (bicyclic) bond motifs is 6. The summed E-state index contributed by atoms with van der Waals surface area (Å²) < 4.78 is 28.7. The zero-order valence-corrected chi connectivity index (χ0v) is 17.3. The van der Waals surface area contributed by atoms with E-state index < -0.39 is 16.1 Å². The van der Waals surface area contributed by atoms with E-state index >= 15 is 0 Å². The molecule has 5 nitrogen and oxygen atoms in total. The Morgan fingerprint density at radius 1 is 0.871 bits per heavy atom. The maximum atomic E-state index is 13.7. The number of ketones is 1. The molecule has 2 bridgehead atoms. The van der Waals surface area contributed by atoms with Gasteiger partial charge in [-0.25, -0.2) is 12.4 Å². The Balaban J connectivity index is 1.70. The van der Waals surface area contributed by atoms with Crippen LogP contribution in [0.5, 0.6) is 0 Å². The summed E-state index contributed by atoms with van der Waals surface area (Å²) in [4.78, 5) is 13.3. The smallest absolute Gasteiger partial charge is 0.268 e. The highest BCUT2D eigenvalue weighted by Crippen LogP contribution is 2.55. The SMILES string of the molecule is O=C1C2=C(c3c(c(-c4ccccc4)cn3S(=O)(=O)c3ccccc3)C1O)C1C=CC2C1. The highest BCUT2D eigenvalue weighted by atomic mass is 32.2. The molecule has 0 aliphatic heterocycles. The largest absolute Gasteiger partial charge is 0.380 e. The molecule has 0 radical (unpaired) electrons. The molecule has 0 saturated carbocycles. The number of aliphatic hydroxyl groups is 1. The highest BCUT2D eigenvalue weighted by Gasteiger charge is 2.48. The molecule has 1 heterocycles. The lowest BCUT2D eigenvalue weighted by atomic mass is 9.80. The summed E-state index contributed by atoms with van der Waals surface area (Å²) in [5, 5.41) is 11.1. The minimum absolute atomic E-state index is 0.0153. The van der Waals surface area contributed by atoms with Gasteiger partial charge in [0.15, 0.2) is 5.78 Å². The standard InChI is InChI=1S/C25H19NO4S/c27-24-21-17-12-11-16(13-17)20(21)23-22(25(24)28)19(15-7-3-1-4-8-15)14-26(23)31(29,30)18-9-5-2-6-10-18/h1-12,14,16-17,25,28H,13H2. The summed E-state index contributed by atoms with van der Waals surface area (Å²) in [7, 11) is -3.93. The van der Waals surface area contributed by atoms with Crippen molar-refractivity contribution in [3.8, 4) is 11.1 Å². The van der Waals surface area contributed by atoms with E-state index in [1.807, 2.05) is 42.5 Å². The van der Waals surface area contributed by atoms with Crippen LogP contribution in [0, 0.1) is 11.8 Å². The van der Waals surface area contributed by atoms with Crippen LogP contribution in [0.25, 0.3) is 16.7 Å². The van der Waals surface area contributed by atoms with Crippen molar-refractivity contribution in [1.29, 1.82) is 0 Å². The van der Waals surface area contributed by atoms with Gasteiger partial charge in [0.1, 0.15) is 6.10 Å². The predicted molar refractivity (Wildman–Crippen MR) is 117 cm³/mol. The summed E-state index contributed by atoms with van der Waals surface area (Å²) in [5.41, 5.74) is 3.47. The fourth-order valence-corrected chi connectivity index (χ4v) is 6.61. The summed E-state index contributed by atoms with van der Waals surface area (Å²) in [5.74, 6) is -0.386. The Bertz CT molecular complexity index is 1400. The van der Waals surface area contributed by atoms with E-state index in [1.165, 1.54) is 3.97 Å². The van der Waals surface area contributed by atoms with E-state index in [4.69, 9.17) is 0 Å². The molecule has 1 N–H and O–H groups in total. The van der Waals surface area contributed by atoms with E-state index in [1.54, 1.807) is 36.5 Å². The summed E-state index contributed by atoms with van der Waals surface area (Å²) in [6.45, 7) is 0. The maximum absolute atomic E-state index is 13.7. The van der Waals surface area contributed by atoms with Crippen LogP contribution in [0.4, 0.5) is 0 Å². The van der Waals surface area contributed by atoms with Crippen molar-refractivity contribution < 1.29 is 18.3 Å². The van der Waals surface area contributed by atoms with E-state index in [0.717, 1.165) is 17.6 Å². The third-order valence-corrected chi connectivity index (χ3v) is 8.23. The van der Waals surface area contributed by atoms with E-state index in [-0.39, 0.29) is 22.5 Å². The van der Waals surface area contributed by atoms with Crippen LogP contribution in [0.3, 0.4) is 0 Å². The molecule has 31 heavy (non-hydrogen) atoms. The summed E-state index contributed by atoms with van der Waals surface area (Å²) >= 11 is 0. The number of aromatic nitrogens is 1. The molecular weight excluding hydrogens is 410 g/mol. The van der Waals surface area contributed by atoms with Crippen molar-refractivity contribution in [2.75, 3.05) is 0 Å². The molecule has 3 aliphatic rings. The van der Waals surface area contributed by atoms with Gasteiger partial charge in [-0.2, -0.15) is 0 Å². The lowest BCUT2D eigenvalue weighted by Gasteiger charge is -2.27. The van der Waals surface area contributed by atoms with Gasteiger partial charge < -0.3 is 5.11 Å². The van der Waals surface area contributed by atoms with Crippen LogP contribution in [0.15, 0.2) is 89.5 Å². The molecule has 3 unspecified atom stereocenters. The third-order valence-electron chi connectivity index (χ3n) is 6.55. The Hall–Kier alpha value is -3.22. The topological polar surface area (TPSA) is 76.4 Å². The number of carbonyl (C=O) groups is 1. The minimum Gasteiger partial charge on any atom is -0.380 e. The number of hydrogen-bond acceptors (Lipinski definition) is 4. The number of rotatable bonds is 3. The predicted octanol–water partition coefficient (Wildman–Crippen LogP) is 3.97. The van der Waals surface area contributed by atoms with Crippen molar-refractivity contribution >= 4 is 21.4 Å². The molecule has 3 aromatic rings. The van der Waals surface area contributed by atoms with E-state index in [0.29, 0.717) is 22.4 Å². The van der Waals surface area contributed by atoms with Crippen LogP contribution >= 0.6 is 0 Å².